The van der Waals surface area contributed by atoms with Crippen molar-refractivity contribution < 1.29 is 30.0 Å². The van der Waals surface area contributed by atoms with Crippen LogP contribution in [0.2, 0.25) is 0 Å². The first kappa shape index (κ1) is 31.2. The third-order valence-corrected chi connectivity index (χ3v) is 8.09. The SMILES string of the molecule is CCCc1cccc2nc(-c3[c-]c(C)cc(C)c3)ccc12.O=C(/C=C(\O)C1CCCCC1)C1CCCCC1.[Ir]. The molecule has 3 aromatic rings. The molecule has 0 unspecified atom stereocenters. The molecule has 2 aromatic carbocycles. The Balaban J connectivity index is 0.000000215. The van der Waals surface area contributed by atoms with E-state index in [9.17, 15) is 9.90 Å². The number of hydrogen-bond acceptors (Lipinski definition) is 3. The van der Waals surface area contributed by atoms with Crippen molar-refractivity contribution in [2.24, 2.45) is 11.8 Å². The Labute approximate surface area is 248 Å². The second kappa shape index (κ2) is 15.5. The van der Waals surface area contributed by atoms with E-state index in [0.29, 0.717) is 5.76 Å². The number of aryl methyl sites for hydroxylation is 3. The molecule has 2 aliphatic carbocycles. The zero-order valence-corrected chi connectivity index (χ0v) is 26.3. The molecule has 4 heteroatoms. The first-order chi connectivity index (χ1) is 18.4. The number of allylic oxidation sites excluding steroid dienone is 2. The minimum Gasteiger partial charge on any atom is -0.512 e. The van der Waals surface area contributed by atoms with Crippen LogP contribution in [0.4, 0.5) is 0 Å². The summed E-state index contributed by atoms with van der Waals surface area (Å²) < 4.78 is 0. The van der Waals surface area contributed by atoms with Gasteiger partial charge in [-0.2, -0.15) is 0 Å². The van der Waals surface area contributed by atoms with E-state index in [1.165, 1.54) is 55.0 Å². The zero-order valence-electron chi connectivity index (χ0n) is 23.9. The molecule has 211 valence electrons. The summed E-state index contributed by atoms with van der Waals surface area (Å²) in [5.41, 5.74) is 6.96. The third-order valence-electron chi connectivity index (χ3n) is 8.09. The van der Waals surface area contributed by atoms with Crippen molar-refractivity contribution in [2.45, 2.75) is 97.8 Å². The van der Waals surface area contributed by atoms with Gasteiger partial charge in [0.1, 0.15) is 0 Å². The fourth-order valence-electron chi connectivity index (χ4n) is 6.06. The number of hydrogen-bond donors (Lipinski definition) is 1. The van der Waals surface area contributed by atoms with E-state index in [1.807, 2.05) is 0 Å². The van der Waals surface area contributed by atoms with E-state index in [4.69, 9.17) is 4.98 Å². The maximum Gasteiger partial charge on any atom is 0.162 e. The average molecular weight is 703 g/mol. The molecule has 0 saturated heterocycles. The van der Waals surface area contributed by atoms with E-state index < -0.39 is 0 Å². The molecular weight excluding hydrogens is 659 g/mol. The fourth-order valence-corrected chi connectivity index (χ4v) is 6.06. The molecule has 1 heterocycles. The van der Waals surface area contributed by atoms with Crippen LogP contribution in [0.3, 0.4) is 0 Å². The van der Waals surface area contributed by atoms with Gasteiger partial charge in [0.25, 0.3) is 0 Å². The van der Waals surface area contributed by atoms with Gasteiger partial charge in [-0.1, -0.05) is 90.0 Å². The molecule has 1 radical (unpaired) electrons. The third kappa shape index (κ3) is 8.85. The van der Waals surface area contributed by atoms with Crippen LogP contribution in [0.25, 0.3) is 22.2 Å². The summed E-state index contributed by atoms with van der Waals surface area (Å²) in [6.07, 6.45) is 15.2. The van der Waals surface area contributed by atoms with Gasteiger partial charge in [0.2, 0.25) is 0 Å². The number of carbonyl (C=O) groups is 1. The van der Waals surface area contributed by atoms with Gasteiger partial charge in [-0.3, -0.25) is 9.78 Å². The number of ketones is 1. The molecular formula is C35H44IrNO2-. The van der Waals surface area contributed by atoms with E-state index in [1.54, 1.807) is 6.08 Å². The Kier molecular flexibility index (Phi) is 12.4. The Hall–Kier alpha value is -2.29. The maximum atomic E-state index is 12.0. The second-order valence-electron chi connectivity index (χ2n) is 11.3. The molecule has 0 bridgehead atoms. The molecule has 3 nitrogen and oxygen atoms in total. The molecule has 0 amide bonds. The second-order valence-corrected chi connectivity index (χ2v) is 11.3. The summed E-state index contributed by atoms with van der Waals surface area (Å²) in [5, 5.41) is 11.3. The summed E-state index contributed by atoms with van der Waals surface area (Å²) in [6, 6.07) is 18.4. The standard InChI is InChI=1S/C20H20N.C15H24O2.Ir/c1-4-6-16-7-5-8-20-18(16)9-10-19(21-20)17-12-14(2)11-15(3)13-17;16-14(12-7-3-1-4-8-12)11-15(17)13-9-5-2-6-10-13;/h5,7-12H,4,6H2,1-3H3;11-13,16H,1-10H2;/q-1;;/b;14-11-;. The monoisotopic (exact) mass is 703 g/mol. The Morgan fingerprint density at radius 3 is 2.26 bits per heavy atom. The summed E-state index contributed by atoms with van der Waals surface area (Å²) in [7, 11) is 0. The summed E-state index contributed by atoms with van der Waals surface area (Å²) in [6.45, 7) is 6.41. The van der Waals surface area contributed by atoms with Crippen LogP contribution in [0.5, 0.6) is 0 Å². The Bertz CT molecular complexity index is 1230. The molecule has 1 aromatic heterocycles. The van der Waals surface area contributed by atoms with Gasteiger partial charge in [-0.25, -0.2) is 0 Å². The van der Waals surface area contributed by atoms with Gasteiger partial charge in [0.15, 0.2) is 5.78 Å². The first-order valence-corrected chi connectivity index (χ1v) is 14.8. The summed E-state index contributed by atoms with van der Waals surface area (Å²) in [5.74, 6) is 0.985. The normalized spacial score (nSPS) is 16.7. The van der Waals surface area contributed by atoms with Crippen LogP contribution in [0.15, 0.2) is 54.3 Å². The van der Waals surface area contributed by atoms with Gasteiger partial charge in [0, 0.05) is 43.4 Å². The first-order valence-electron chi connectivity index (χ1n) is 14.8. The average Bonchev–Trinajstić information content (AvgIpc) is 2.94. The van der Waals surface area contributed by atoms with Gasteiger partial charge >= 0.3 is 0 Å². The summed E-state index contributed by atoms with van der Waals surface area (Å²) >= 11 is 0. The number of aliphatic hydroxyl groups excluding tert-OH is 1. The van der Waals surface area contributed by atoms with E-state index >= 15 is 0 Å². The van der Waals surface area contributed by atoms with Crippen molar-refractivity contribution in [3.8, 4) is 11.3 Å². The van der Waals surface area contributed by atoms with E-state index in [-0.39, 0.29) is 37.7 Å². The topological polar surface area (TPSA) is 50.2 Å². The number of pyridine rings is 1. The summed E-state index contributed by atoms with van der Waals surface area (Å²) in [4.78, 5) is 16.9. The van der Waals surface area contributed by atoms with Crippen LogP contribution in [0.1, 0.15) is 94.2 Å². The van der Waals surface area contributed by atoms with Gasteiger partial charge in [-0.15, -0.1) is 34.9 Å². The van der Waals surface area contributed by atoms with Crippen molar-refractivity contribution in [2.75, 3.05) is 0 Å². The van der Waals surface area contributed by atoms with Crippen LogP contribution < -0.4 is 0 Å². The molecule has 2 aliphatic rings. The van der Waals surface area contributed by atoms with Crippen molar-refractivity contribution in [1.29, 1.82) is 0 Å². The predicted octanol–water partition coefficient (Wildman–Crippen LogP) is 9.43. The van der Waals surface area contributed by atoms with Crippen LogP contribution in [-0.2, 0) is 31.3 Å². The maximum absolute atomic E-state index is 12.0. The number of fused-ring (bicyclic) bond motifs is 1. The number of aliphatic hydroxyl groups is 1. The number of aromatic nitrogens is 1. The van der Waals surface area contributed by atoms with E-state index in [2.05, 4.69) is 69.3 Å². The van der Waals surface area contributed by atoms with Crippen molar-refractivity contribution in [3.05, 3.63) is 77.1 Å². The smallest absolute Gasteiger partial charge is 0.162 e. The van der Waals surface area contributed by atoms with Crippen molar-refractivity contribution in [3.63, 3.8) is 0 Å². The molecule has 0 spiro atoms. The van der Waals surface area contributed by atoms with Crippen LogP contribution >= 0.6 is 0 Å². The largest absolute Gasteiger partial charge is 0.512 e. The van der Waals surface area contributed by atoms with Crippen LogP contribution in [-0.4, -0.2) is 15.9 Å². The number of carbonyl (C=O) groups excluding carboxylic acids is 1. The Morgan fingerprint density at radius 1 is 0.949 bits per heavy atom. The molecule has 2 fully saturated rings. The predicted molar refractivity (Wildman–Crippen MR) is 158 cm³/mol. The molecule has 39 heavy (non-hydrogen) atoms. The van der Waals surface area contributed by atoms with Crippen molar-refractivity contribution in [1.82, 2.24) is 4.98 Å². The number of nitrogens with zero attached hydrogens (tertiary/aromatic N) is 1. The number of benzene rings is 2. The van der Waals surface area contributed by atoms with Gasteiger partial charge < -0.3 is 5.11 Å². The number of rotatable bonds is 6. The quantitative estimate of drug-likeness (QED) is 0.158. The minimum atomic E-state index is 0. The zero-order chi connectivity index (χ0) is 26.9. The van der Waals surface area contributed by atoms with E-state index in [0.717, 1.165) is 60.9 Å². The van der Waals surface area contributed by atoms with Crippen molar-refractivity contribution >= 4 is 16.7 Å². The Morgan fingerprint density at radius 2 is 1.62 bits per heavy atom. The van der Waals surface area contributed by atoms with Gasteiger partial charge in [0.05, 0.1) is 11.3 Å². The molecule has 1 N–H and O–H groups in total. The minimum absolute atomic E-state index is 0. The molecule has 0 aliphatic heterocycles. The molecule has 0 atom stereocenters. The van der Waals surface area contributed by atoms with Crippen LogP contribution in [0, 0.1) is 31.7 Å². The molecule has 2 saturated carbocycles. The van der Waals surface area contributed by atoms with Gasteiger partial charge in [-0.05, 0) is 49.4 Å². The fraction of sp³-hybridized carbons (Fsp3) is 0.486. The molecule has 5 rings (SSSR count).